The molecule has 1 heterocycles. The molecule has 0 aliphatic rings. The van der Waals surface area contributed by atoms with E-state index in [1.54, 1.807) is 18.3 Å². The second kappa shape index (κ2) is 3.83. The molecule has 3 heteroatoms. The Balaban J connectivity index is 2.39. The smallest absolute Gasteiger partial charge is 0.0929 e. The van der Waals surface area contributed by atoms with Gasteiger partial charge < -0.3 is 5.11 Å². The summed E-state index contributed by atoms with van der Waals surface area (Å²) in [4.78, 5) is 4.29. The zero-order chi connectivity index (χ0) is 8.27. The fraction of sp³-hybridized carbons (Fsp3) is 0.625. The van der Waals surface area contributed by atoms with E-state index < -0.39 is 0 Å². The fourth-order valence-corrected chi connectivity index (χ4v) is 1.64. The van der Waals surface area contributed by atoms with E-state index in [1.165, 1.54) is 0 Å². The Morgan fingerprint density at radius 2 is 2.45 bits per heavy atom. The Kier molecular flexibility index (Phi) is 3.02. The zero-order valence-electron chi connectivity index (χ0n) is 6.87. The molecule has 0 amide bonds. The Morgan fingerprint density at radius 1 is 1.73 bits per heavy atom. The molecule has 0 saturated carbocycles. The van der Waals surface area contributed by atoms with Gasteiger partial charge in [0.15, 0.2) is 0 Å². The highest BCUT2D eigenvalue weighted by Gasteiger charge is 2.00. The summed E-state index contributed by atoms with van der Waals surface area (Å²) >= 11 is 1.67. The second-order valence-corrected chi connectivity index (χ2v) is 3.71. The third-order valence-corrected chi connectivity index (χ3v) is 2.47. The lowest BCUT2D eigenvalue weighted by molar-refractivity contribution is 0.185. The van der Waals surface area contributed by atoms with E-state index in [2.05, 4.69) is 4.98 Å². The van der Waals surface area contributed by atoms with Gasteiger partial charge in [0.25, 0.3) is 0 Å². The van der Waals surface area contributed by atoms with E-state index >= 15 is 0 Å². The van der Waals surface area contributed by atoms with Gasteiger partial charge in [-0.15, -0.1) is 11.3 Å². The van der Waals surface area contributed by atoms with Crippen molar-refractivity contribution in [1.29, 1.82) is 0 Å². The van der Waals surface area contributed by atoms with Crippen molar-refractivity contribution in [3.05, 3.63) is 16.1 Å². The third kappa shape index (κ3) is 2.99. The molecule has 0 aromatic carbocycles. The van der Waals surface area contributed by atoms with Gasteiger partial charge in [-0.25, -0.2) is 4.98 Å². The normalized spacial score (nSPS) is 13.4. The van der Waals surface area contributed by atoms with Crippen LogP contribution in [0.2, 0.25) is 0 Å². The average molecular weight is 171 g/mol. The Bertz CT molecular complexity index is 220. The summed E-state index contributed by atoms with van der Waals surface area (Å²) in [5, 5.41) is 12.2. The third-order valence-electron chi connectivity index (χ3n) is 1.44. The Hall–Kier alpha value is -0.410. The summed E-state index contributed by atoms with van der Waals surface area (Å²) in [6.07, 6.45) is 1.50. The number of aryl methyl sites for hydroxylation is 2. The molecule has 0 saturated heterocycles. The lowest BCUT2D eigenvalue weighted by Crippen LogP contribution is -2.00. The van der Waals surface area contributed by atoms with Gasteiger partial charge in [0, 0.05) is 17.5 Å². The van der Waals surface area contributed by atoms with Crippen molar-refractivity contribution >= 4 is 11.3 Å². The molecule has 62 valence electrons. The van der Waals surface area contributed by atoms with E-state index in [-0.39, 0.29) is 6.10 Å². The van der Waals surface area contributed by atoms with Crippen LogP contribution < -0.4 is 0 Å². The molecule has 1 atom stereocenters. The maximum absolute atomic E-state index is 9.00. The predicted molar refractivity (Wildman–Crippen MR) is 46.9 cm³/mol. The van der Waals surface area contributed by atoms with Gasteiger partial charge in [0.2, 0.25) is 0 Å². The van der Waals surface area contributed by atoms with Crippen LogP contribution in [-0.2, 0) is 6.42 Å². The largest absolute Gasteiger partial charge is 0.393 e. The zero-order valence-corrected chi connectivity index (χ0v) is 7.69. The molecule has 1 unspecified atom stereocenters. The maximum atomic E-state index is 9.00. The monoisotopic (exact) mass is 171 g/mol. The van der Waals surface area contributed by atoms with Crippen LogP contribution in [0.15, 0.2) is 5.38 Å². The molecule has 11 heavy (non-hydrogen) atoms. The van der Waals surface area contributed by atoms with Crippen LogP contribution in [0.5, 0.6) is 0 Å². The molecule has 1 aromatic heterocycles. The first-order valence-corrected chi connectivity index (χ1v) is 4.65. The maximum Gasteiger partial charge on any atom is 0.0929 e. The van der Waals surface area contributed by atoms with Crippen molar-refractivity contribution in [3.8, 4) is 0 Å². The van der Waals surface area contributed by atoms with Crippen molar-refractivity contribution in [2.75, 3.05) is 0 Å². The van der Waals surface area contributed by atoms with E-state index in [0.717, 1.165) is 23.5 Å². The van der Waals surface area contributed by atoms with E-state index in [0.29, 0.717) is 0 Å². The highest BCUT2D eigenvalue weighted by molar-refractivity contribution is 7.09. The van der Waals surface area contributed by atoms with Crippen molar-refractivity contribution < 1.29 is 5.11 Å². The van der Waals surface area contributed by atoms with Gasteiger partial charge in [0.1, 0.15) is 0 Å². The molecular weight excluding hydrogens is 158 g/mol. The first-order valence-electron chi connectivity index (χ1n) is 3.77. The number of aromatic nitrogens is 1. The van der Waals surface area contributed by atoms with Gasteiger partial charge in [-0.1, -0.05) is 0 Å². The van der Waals surface area contributed by atoms with Crippen LogP contribution in [0.1, 0.15) is 24.0 Å². The lowest BCUT2D eigenvalue weighted by Gasteiger charge is -1.99. The molecule has 0 fully saturated rings. The van der Waals surface area contributed by atoms with Gasteiger partial charge in [-0.3, -0.25) is 0 Å². The second-order valence-electron chi connectivity index (χ2n) is 2.77. The fourth-order valence-electron chi connectivity index (χ4n) is 0.850. The summed E-state index contributed by atoms with van der Waals surface area (Å²) in [5.41, 5.74) is 1.08. The van der Waals surface area contributed by atoms with Gasteiger partial charge in [0.05, 0.1) is 11.1 Å². The molecule has 0 radical (unpaired) electrons. The lowest BCUT2D eigenvalue weighted by atomic mass is 10.2. The highest BCUT2D eigenvalue weighted by Crippen LogP contribution is 2.11. The minimum absolute atomic E-state index is 0.209. The molecule has 1 N–H and O–H groups in total. The highest BCUT2D eigenvalue weighted by atomic mass is 32.1. The minimum Gasteiger partial charge on any atom is -0.393 e. The summed E-state index contributed by atoms with van der Waals surface area (Å²) in [6, 6.07) is 0. The summed E-state index contributed by atoms with van der Waals surface area (Å²) in [5.74, 6) is 0. The summed E-state index contributed by atoms with van der Waals surface area (Å²) in [6.45, 7) is 3.79. The van der Waals surface area contributed by atoms with E-state index in [1.807, 2.05) is 12.3 Å². The van der Waals surface area contributed by atoms with Gasteiger partial charge in [-0.05, 0) is 20.3 Å². The predicted octanol–water partition coefficient (Wildman–Crippen LogP) is 1.76. The van der Waals surface area contributed by atoms with Crippen LogP contribution in [-0.4, -0.2) is 16.2 Å². The average Bonchev–Trinajstić information content (AvgIpc) is 2.31. The van der Waals surface area contributed by atoms with Crippen molar-refractivity contribution in [1.82, 2.24) is 4.98 Å². The van der Waals surface area contributed by atoms with Crippen LogP contribution in [0.25, 0.3) is 0 Å². The topological polar surface area (TPSA) is 33.1 Å². The van der Waals surface area contributed by atoms with Crippen LogP contribution in [0, 0.1) is 6.92 Å². The summed E-state index contributed by atoms with van der Waals surface area (Å²) < 4.78 is 0. The van der Waals surface area contributed by atoms with Crippen LogP contribution in [0.3, 0.4) is 0 Å². The molecule has 0 aliphatic heterocycles. The number of hydrogen-bond donors (Lipinski definition) is 1. The van der Waals surface area contributed by atoms with Crippen LogP contribution >= 0.6 is 11.3 Å². The summed E-state index contributed by atoms with van der Waals surface area (Å²) in [7, 11) is 0. The number of rotatable bonds is 3. The number of aliphatic hydroxyl groups excluding tert-OH is 1. The number of hydrogen-bond acceptors (Lipinski definition) is 3. The van der Waals surface area contributed by atoms with Crippen molar-refractivity contribution in [3.63, 3.8) is 0 Å². The van der Waals surface area contributed by atoms with Gasteiger partial charge >= 0.3 is 0 Å². The molecule has 1 aromatic rings. The Labute approximate surface area is 70.9 Å². The van der Waals surface area contributed by atoms with Crippen molar-refractivity contribution in [2.45, 2.75) is 32.8 Å². The van der Waals surface area contributed by atoms with Crippen molar-refractivity contribution in [2.24, 2.45) is 0 Å². The number of aliphatic hydroxyl groups is 1. The molecule has 0 bridgehead atoms. The van der Waals surface area contributed by atoms with E-state index in [9.17, 15) is 0 Å². The standard InChI is InChI=1S/C8H13NOS/c1-6-5-11-8(9-6)4-3-7(2)10/h5,7,10H,3-4H2,1-2H3. The van der Waals surface area contributed by atoms with E-state index in [4.69, 9.17) is 5.11 Å². The quantitative estimate of drug-likeness (QED) is 0.751. The number of thiazole rings is 1. The molecule has 2 nitrogen and oxygen atoms in total. The SMILES string of the molecule is Cc1csc(CCC(C)O)n1. The van der Waals surface area contributed by atoms with Crippen LogP contribution in [0.4, 0.5) is 0 Å². The molecule has 0 aliphatic carbocycles. The minimum atomic E-state index is -0.209. The molecule has 0 spiro atoms. The Morgan fingerprint density at radius 3 is 2.91 bits per heavy atom. The molecule has 1 rings (SSSR count). The molecular formula is C8H13NOS. The first kappa shape index (κ1) is 8.68. The van der Waals surface area contributed by atoms with Gasteiger partial charge in [-0.2, -0.15) is 0 Å². The number of nitrogens with zero attached hydrogens (tertiary/aromatic N) is 1. The first-order chi connectivity index (χ1) is 5.18.